The van der Waals surface area contributed by atoms with Crippen LogP contribution in [0.3, 0.4) is 0 Å². The lowest BCUT2D eigenvalue weighted by Crippen LogP contribution is -2.16. The molecule has 4 heteroatoms. The van der Waals surface area contributed by atoms with Crippen LogP contribution in [0.5, 0.6) is 11.5 Å². The topological polar surface area (TPSA) is 50.7 Å². The highest BCUT2D eigenvalue weighted by molar-refractivity contribution is 5.46. The third kappa shape index (κ3) is 4.71. The van der Waals surface area contributed by atoms with Crippen LogP contribution < -0.4 is 14.8 Å². The van der Waals surface area contributed by atoms with Crippen molar-refractivity contribution in [1.82, 2.24) is 5.32 Å². The molecular weight excluding hydrogens is 290 g/mol. The van der Waals surface area contributed by atoms with E-state index in [1.54, 1.807) is 7.11 Å². The Labute approximate surface area is 138 Å². The molecule has 2 rings (SSSR count). The maximum absolute atomic E-state index is 9.38. The predicted octanol–water partition coefficient (Wildman–Crippen LogP) is 3.26. The van der Waals surface area contributed by atoms with E-state index in [-0.39, 0.29) is 12.7 Å². The fraction of sp³-hybridized carbons (Fsp3) is 0.368. The van der Waals surface area contributed by atoms with Gasteiger partial charge in [-0.15, -0.1) is 0 Å². The molecule has 4 nitrogen and oxygen atoms in total. The van der Waals surface area contributed by atoms with E-state index >= 15 is 0 Å². The minimum Gasteiger partial charge on any atom is -0.493 e. The minimum atomic E-state index is 0.0543. The van der Waals surface area contributed by atoms with E-state index in [0.717, 1.165) is 28.2 Å². The van der Waals surface area contributed by atoms with Crippen LogP contribution in [0.4, 0.5) is 0 Å². The normalized spacial score (nSPS) is 10.8. The lowest BCUT2D eigenvalue weighted by molar-refractivity contribution is 0.227. The Morgan fingerprint density at radius 3 is 2.26 bits per heavy atom. The summed E-state index contributed by atoms with van der Waals surface area (Å²) < 4.78 is 11.3. The fourth-order valence-corrected chi connectivity index (χ4v) is 2.45. The second kappa shape index (κ2) is 8.56. The van der Waals surface area contributed by atoms with E-state index in [1.165, 1.54) is 0 Å². The number of para-hydroxylation sites is 1. The van der Waals surface area contributed by atoms with Gasteiger partial charge in [0.2, 0.25) is 0 Å². The van der Waals surface area contributed by atoms with E-state index in [9.17, 15) is 5.11 Å². The van der Waals surface area contributed by atoms with Gasteiger partial charge in [0, 0.05) is 18.7 Å². The molecule has 0 atom stereocenters. The molecule has 0 amide bonds. The number of aliphatic hydroxyl groups excluding tert-OH is 1. The lowest BCUT2D eigenvalue weighted by atomic mass is 10.1. The minimum absolute atomic E-state index is 0.0543. The Hall–Kier alpha value is -2.04. The van der Waals surface area contributed by atoms with Gasteiger partial charge < -0.3 is 19.9 Å². The Morgan fingerprint density at radius 1 is 0.957 bits per heavy atom. The van der Waals surface area contributed by atoms with Gasteiger partial charge in [0.25, 0.3) is 0 Å². The van der Waals surface area contributed by atoms with Crippen molar-refractivity contribution in [3.05, 3.63) is 59.2 Å². The van der Waals surface area contributed by atoms with Crippen molar-refractivity contribution in [2.24, 2.45) is 0 Å². The van der Waals surface area contributed by atoms with Gasteiger partial charge >= 0.3 is 0 Å². The number of nitrogens with one attached hydrogen (secondary N) is 1. The van der Waals surface area contributed by atoms with Crippen molar-refractivity contribution in [1.29, 1.82) is 0 Å². The summed E-state index contributed by atoms with van der Waals surface area (Å²) >= 11 is 0. The summed E-state index contributed by atoms with van der Waals surface area (Å²) in [7, 11) is 1.65. The largest absolute Gasteiger partial charge is 0.493 e. The third-order valence-corrected chi connectivity index (χ3v) is 3.55. The molecule has 124 valence electrons. The zero-order valence-corrected chi connectivity index (χ0v) is 14.0. The molecule has 23 heavy (non-hydrogen) atoms. The van der Waals surface area contributed by atoms with Crippen molar-refractivity contribution in [2.45, 2.75) is 39.6 Å². The summed E-state index contributed by atoms with van der Waals surface area (Å²) in [6, 6.07) is 13.8. The number of hydrogen-bond donors (Lipinski definition) is 2. The summed E-state index contributed by atoms with van der Waals surface area (Å²) in [6.07, 6.45) is 0.0835. The highest BCUT2D eigenvalue weighted by atomic mass is 16.5. The van der Waals surface area contributed by atoms with Gasteiger partial charge in [0.15, 0.2) is 11.5 Å². The summed E-state index contributed by atoms with van der Waals surface area (Å²) in [6.45, 7) is 5.41. The van der Waals surface area contributed by atoms with Crippen molar-refractivity contribution < 1.29 is 14.6 Å². The van der Waals surface area contributed by atoms with Crippen molar-refractivity contribution in [2.75, 3.05) is 7.11 Å². The average molecular weight is 315 g/mol. The number of hydrogen-bond acceptors (Lipinski definition) is 4. The van der Waals surface area contributed by atoms with Crippen molar-refractivity contribution >= 4 is 0 Å². The molecule has 0 aliphatic carbocycles. The highest BCUT2D eigenvalue weighted by Crippen LogP contribution is 2.32. The smallest absolute Gasteiger partial charge is 0.166 e. The molecule has 0 aliphatic heterocycles. The summed E-state index contributed by atoms with van der Waals surface area (Å²) in [5.74, 6) is 1.53. The first-order valence-electron chi connectivity index (χ1n) is 7.86. The first-order chi connectivity index (χ1) is 11.2. The van der Waals surface area contributed by atoms with E-state index in [2.05, 4.69) is 5.32 Å². The number of rotatable bonds is 8. The highest BCUT2D eigenvalue weighted by Gasteiger charge is 2.12. The SMILES string of the molecule is COc1cccc(CNCc2ccccc2CO)c1OC(C)C. The monoisotopic (exact) mass is 315 g/mol. The predicted molar refractivity (Wildman–Crippen MR) is 91.7 cm³/mol. The van der Waals surface area contributed by atoms with Crippen LogP contribution in [0, 0.1) is 0 Å². The van der Waals surface area contributed by atoms with Crippen LogP contribution >= 0.6 is 0 Å². The fourth-order valence-electron chi connectivity index (χ4n) is 2.45. The summed E-state index contributed by atoms with van der Waals surface area (Å²) in [5, 5.41) is 12.8. The molecule has 0 aromatic heterocycles. The van der Waals surface area contributed by atoms with Crippen molar-refractivity contribution in [3.63, 3.8) is 0 Å². The Balaban J connectivity index is 2.08. The first-order valence-corrected chi connectivity index (χ1v) is 7.86. The Kier molecular flexibility index (Phi) is 6.44. The molecule has 0 aliphatic rings. The van der Waals surface area contributed by atoms with Crippen LogP contribution in [0.25, 0.3) is 0 Å². The van der Waals surface area contributed by atoms with E-state index in [0.29, 0.717) is 13.1 Å². The van der Waals surface area contributed by atoms with E-state index < -0.39 is 0 Å². The van der Waals surface area contributed by atoms with Gasteiger partial charge in [-0.1, -0.05) is 36.4 Å². The summed E-state index contributed by atoms with van der Waals surface area (Å²) in [5.41, 5.74) is 3.10. The second-order valence-corrected chi connectivity index (χ2v) is 5.65. The molecule has 2 N–H and O–H groups in total. The number of aliphatic hydroxyl groups is 1. The maximum Gasteiger partial charge on any atom is 0.166 e. The van der Waals surface area contributed by atoms with Gasteiger partial charge in [0.05, 0.1) is 19.8 Å². The van der Waals surface area contributed by atoms with E-state index in [1.807, 2.05) is 56.3 Å². The molecule has 0 bridgehead atoms. The Morgan fingerprint density at radius 2 is 1.61 bits per heavy atom. The average Bonchev–Trinajstić information content (AvgIpc) is 2.56. The quantitative estimate of drug-likeness (QED) is 0.785. The molecule has 0 saturated carbocycles. The third-order valence-electron chi connectivity index (χ3n) is 3.55. The number of methoxy groups -OCH3 is 1. The zero-order chi connectivity index (χ0) is 16.7. The van der Waals surface area contributed by atoms with Gasteiger partial charge in [0.1, 0.15) is 0 Å². The van der Waals surface area contributed by atoms with Crippen LogP contribution in [0.2, 0.25) is 0 Å². The molecule has 2 aromatic carbocycles. The molecule has 0 spiro atoms. The Bertz CT molecular complexity index is 626. The van der Waals surface area contributed by atoms with Gasteiger partial charge in [-0.25, -0.2) is 0 Å². The van der Waals surface area contributed by atoms with Gasteiger partial charge in [-0.3, -0.25) is 0 Å². The van der Waals surface area contributed by atoms with Gasteiger partial charge in [-0.2, -0.15) is 0 Å². The maximum atomic E-state index is 9.38. The number of benzene rings is 2. The molecule has 0 heterocycles. The lowest BCUT2D eigenvalue weighted by Gasteiger charge is -2.18. The van der Waals surface area contributed by atoms with Crippen LogP contribution in [-0.4, -0.2) is 18.3 Å². The molecular formula is C19H25NO3. The number of ether oxygens (including phenoxy) is 2. The standard InChI is InChI=1S/C19H25NO3/c1-14(2)23-19-16(9-6-10-18(19)22-3)12-20-11-15-7-4-5-8-17(15)13-21/h4-10,14,20-21H,11-13H2,1-3H3. The zero-order valence-electron chi connectivity index (χ0n) is 14.0. The molecule has 0 radical (unpaired) electrons. The van der Waals surface area contributed by atoms with Crippen LogP contribution in [0.1, 0.15) is 30.5 Å². The van der Waals surface area contributed by atoms with Crippen LogP contribution in [0.15, 0.2) is 42.5 Å². The van der Waals surface area contributed by atoms with Crippen LogP contribution in [-0.2, 0) is 19.7 Å². The summed E-state index contributed by atoms with van der Waals surface area (Å²) in [4.78, 5) is 0. The molecule has 0 fully saturated rings. The first kappa shape index (κ1) is 17.3. The molecule has 0 unspecified atom stereocenters. The van der Waals surface area contributed by atoms with E-state index in [4.69, 9.17) is 9.47 Å². The van der Waals surface area contributed by atoms with Gasteiger partial charge in [-0.05, 0) is 31.0 Å². The second-order valence-electron chi connectivity index (χ2n) is 5.65. The van der Waals surface area contributed by atoms with Crippen molar-refractivity contribution in [3.8, 4) is 11.5 Å². The molecule has 0 saturated heterocycles. The molecule has 2 aromatic rings.